The lowest BCUT2D eigenvalue weighted by molar-refractivity contribution is 0.101. The Kier molecular flexibility index (Phi) is 5.16. The zero-order valence-corrected chi connectivity index (χ0v) is 16.9. The standard InChI is InChI=1S/C21H19BrN4O2/c1-2-25-12-15(22)10-19(25)21(27)24-16-6-5-7-18(11-16)28-14-17-13-26-9-4-3-8-20(26)23-17/h3-13H,2,14H2,1H3,(H,24,27). The van der Waals surface area contributed by atoms with E-state index in [4.69, 9.17) is 4.74 Å². The molecule has 7 heteroatoms. The molecule has 0 unspecified atom stereocenters. The second kappa shape index (κ2) is 7.90. The van der Waals surface area contributed by atoms with Crippen LogP contribution in [0, 0.1) is 0 Å². The number of ether oxygens (including phenoxy) is 1. The van der Waals surface area contributed by atoms with Crippen LogP contribution in [0.5, 0.6) is 5.75 Å². The van der Waals surface area contributed by atoms with Crippen LogP contribution < -0.4 is 10.1 Å². The van der Waals surface area contributed by atoms with Crippen LogP contribution in [0.3, 0.4) is 0 Å². The Morgan fingerprint density at radius 3 is 2.89 bits per heavy atom. The molecule has 28 heavy (non-hydrogen) atoms. The number of rotatable bonds is 6. The summed E-state index contributed by atoms with van der Waals surface area (Å²) in [4.78, 5) is 17.1. The second-order valence-corrected chi connectivity index (χ2v) is 7.21. The summed E-state index contributed by atoms with van der Waals surface area (Å²) in [5.41, 5.74) is 3.00. The summed E-state index contributed by atoms with van der Waals surface area (Å²) in [6, 6.07) is 15.0. The first-order valence-corrected chi connectivity index (χ1v) is 9.74. The number of anilines is 1. The molecule has 0 fully saturated rings. The zero-order valence-electron chi connectivity index (χ0n) is 15.3. The number of aromatic nitrogens is 3. The number of nitrogens with zero attached hydrogens (tertiary/aromatic N) is 3. The molecule has 0 aliphatic carbocycles. The molecule has 142 valence electrons. The van der Waals surface area contributed by atoms with Gasteiger partial charge in [0.25, 0.3) is 5.91 Å². The van der Waals surface area contributed by atoms with Crippen molar-refractivity contribution in [1.29, 1.82) is 0 Å². The summed E-state index contributed by atoms with van der Waals surface area (Å²) in [5.74, 6) is 0.506. The number of carbonyl (C=O) groups excluding carboxylic acids is 1. The van der Waals surface area contributed by atoms with E-state index < -0.39 is 0 Å². The van der Waals surface area contributed by atoms with Gasteiger partial charge in [0.2, 0.25) is 0 Å². The van der Waals surface area contributed by atoms with Crippen molar-refractivity contribution in [2.75, 3.05) is 5.32 Å². The van der Waals surface area contributed by atoms with Gasteiger partial charge in [-0.2, -0.15) is 0 Å². The lowest BCUT2D eigenvalue weighted by Gasteiger charge is -2.10. The van der Waals surface area contributed by atoms with Crippen LogP contribution >= 0.6 is 15.9 Å². The van der Waals surface area contributed by atoms with E-state index in [0.29, 0.717) is 23.7 Å². The van der Waals surface area contributed by atoms with E-state index in [2.05, 4.69) is 26.2 Å². The SMILES string of the molecule is CCn1cc(Br)cc1C(=O)Nc1cccc(OCc2cn3ccccc3n2)c1. The van der Waals surface area contributed by atoms with Crippen LogP contribution in [0.25, 0.3) is 5.65 Å². The van der Waals surface area contributed by atoms with Gasteiger partial charge in [-0.1, -0.05) is 12.1 Å². The van der Waals surface area contributed by atoms with Crippen molar-refractivity contribution >= 4 is 33.2 Å². The highest BCUT2D eigenvalue weighted by Crippen LogP contribution is 2.21. The largest absolute Gasteiger partial charge is 0.487 e. The molecule has 1 aromatic carbocycles. The minimum absolute atomic E-state index is 0.162. The third kappa shape index (κ3) is 3.94. The molecule has 0 saturated heterocycles. The van der Waals surface area contributed by atoms with E-state index in [1.54, 1.807) is 0 Å². The highest BCUT2D eigenvalue weighted by molar-refractivity contribution is 9.10. The number of fused-ring (bicyclic) bond motifs is 1. The summed E-state index contributed by atoms with van der Waals surface area (Å²) in [5, 5.41) is 2.93. The molecule has 0 aliphatic rings. The van der Waals surface area contributed by atoms with E-state index in [1.165, 1.54) is 0 Å². The van der Waals surface area contributed by atoms with E-state index in [9.17, 15) is 4.79 Å². The maximum absolute atomic E-state index is 12.6. The average molecular weight is 439 g/mol. The molecule has 3 heterocycles. The minimum atomic E-state index is -0.162. The summed E-state index contributed by atoms with van der Waals surface area (Å²) < 4.78 is 10.6. The number of hydrogen-bond acceptors (Lipinski definition) is 3. The first-order chi connectivity index (χ1) is 13.6. The van der Waals surface area contributed by atoms with Gasteiger partial charge in [-0.05, 0) is 53.2 Å². The number of aryl methyl sites for hydroxylation is 1. The number of amides is 1. The van der Waals surface area contributed by atoms with Crippen LogP contribution in [0.15, 0.2) is 71.6 Å². The molecule has 4 aromatic rings. The lowest BCUT2D eigenvalue weighted by Crippen LogP contribution is -2.16. The molecule has 0 aliphatic heterocycles. The summed E-state index contributed by atoms with van der Waals surface area (Å²) in [6.45, 7) is 3.07. The molecule has 0 spiro atoms. The van der Waals surface area contributed by atoms with Gasteiger partial charge in [0.1, 0.15) is 23.7 Å². The normalized spacial score (nSPS) is 10.9. The monoisotopic (exact) mass is 438 g/mol. The minimum Gasteiger partial charge on any atom is -0.487 e. The molecule has 3 aromatic heterocycles. The van der Waals surface area contributed by atoms with Crippen LogP contribution in [-0.2, 0) is 13.2 Å². The third-order valence-corrected chi connectivity index (χ3v) is 4.76. The van der Waals surface area contributed by atoms with Crippen LogP contribution in [0.4, 0.5) is 5.69 Å². The molecular weight excluding hydrogens is 420 g/mol. The highest BCUT2D eigenvalue weighted by atomic mass is 79.9. The van der Waals surface area contributed by atoms with Crippen molar-refractivity contribution in [1.82, 2.24) is 14.0 Å². The summed E-state index contributed by atoms with van der Waals surface area (Å²) >= 11 is 3.42. The number of hydrogen-bond donors (Lipinski definition) is 1. The number of benzene rings is 1. The van der Waals surface area contributed by atoms with Gasteiger partial charge in [-0.15, -0.1) is 0 Å². The Balaban J connectivity index is 1.44. The molecule has 0 bridgehead atoms. The molecule has 0 saturated carbocycles. The van der Waals surface area contributed by atoms with Gasteiger partial charge in [-0.25, -0.2) is 4.98 Å². The predicted octanol–water partition coefficient (Wildman–Crippen LogP) is 4.75. The Hall–Kier alpha value is -3.06. The number of nitrogens with one attached hydrogen (secondary N) is 1. The number of pyridine rings is 1. The Bertz CT molecular complexity index is 1100. The molecule has 6 nitrogen and oxygen atoms in total. The average Bonchev–Trinajstić information content (AvgIpc) is 3.29. The van der Waals surface area contributed by atoms with E-state index in [-0.39, 0.29) is 5.91 Å². The number of halogens is 1. The van der Waals surface area contributed by atoms with Crippen molar-refractivity contribution in [2.24, 2.45) is 0 Å². The third-order valence-electron chi connectivity index (χ3n) is 4.33. The highest BCUT2D eigenvalue weighted by Gasteiger charge is 2.13. The van der Waals surface area contributed by atoms with Crippen molar-refractivity contribution < 1.29 is 9.53 Å². The quantitative estimate of drug-likeness (QED) is 0.472. The van der Waals surface area contributed by atoms with E-state index in [0.717, 1.165) is 22.4 Å². The predicted molar refractivity (Wildman–Crippen MR) is 112 cm³/mol. The molecule has 0 atom stereocenters. The molecule has 4 rings (SSSR count). The number of carbonyl (C=O) groups is 1. The van der Waals surface area contributed by atoms with Gasteiger partial charge in [0.05, 0.1) is 5.69 Å². The first-order valence-electron chi connectivity index (χ1n) is 8.95. The fourth-order valence-corrected chi connectivity index (χ4v) is 3.46. The molecule has 1 amide bonds. The molecular formula is C21H19BrN4O2. The van der Waals surface area contributed by atoms with Crippen LogP contribution in [-0.4, -0.2) is 19.9 Å². The van der Waals surface area contributed by atoms with Gasteiger partial charge in [-0.3, -0.25) is 4.79 Å². The van der Waals surface area contributed by atoms with Gasteiger partial charge in [0.15, 0.2) is 0 Å². The smallest absolute Gasteiger partial charge is 0.272 e. The zero-order chi connectivity index (χ0) is 19.5. The van der Waals surface area contributed by atoms with Crippen molar-refractivity contribution in [3.05, 3.63) is 83.0 Å². The fraction of sp³-hybridized carbons (Fsp3) is 0.143. The van der Waals surface area contributed by atoms with Gasteiger partial charge in [0, 0.05) is 41.4 Å². The Morgan fingerprint density at radius 1 is 1.18 bits per heavy atom. The first kappa shape index (κ1) is 18.3. The molecule has 1 N–H and O–H groups in total. The van der Waals surface area contributed by atoms with Gasteiger partial charge < -0.3 is 19.0 Å². The molecule has 0 radical (unpaired) electrons. The van der Waals surface area contributed by atoms with Crippen LogP contribution in [0.2, 0.25) is 0 Å². The Morgan fingerprint density at radius 2 is 2.07 bits per heavy atom. The van der Waals surface area contributed by atoms with Crippen molar-refractivity contribution in [3.63, 3.8) is 0 Å². The Labute approximate surface area is 170 Å². The summed E-state index contributed by atoms with van der Waals surface area (Å²) in [6.07, 6.45) is 5.79. The van der Waals surface area contributed by atoms with Crippen molar-refractivity contribution in [2.45, 2.75) is 20.1 Å². The van der Waals surface area contributed by atoms with E-state index >= 15 is 0 Å². The van der Waals surface area contributed by atoms with E-state index in [1.807, 2.05) is 83.0 Å². The summed E-state index contributed by atoms with van der Waals surface area (Å²) in [7, 11) is 0. The lowest BCUT2D eigenvalue weighted by atomic mass is 10.3. The van der Waals surface area contributed by atoms with Crippen LogP contribution in [0.1, 0.15) is 23.1 Å². The van der Waals surface area contributed by atoms with Crippen molar-refractivity contribution in [3.8, 4) is 5.75 Å². The number of imidazole rings is 1. The maximum atomic E-state index is 12.6. The topological polar surface area (TPSA) is 60.6 Å². The van der Waals surface area contributed by atoms with Gasteiger partial charge >= 0.3 is 0 Å². The maximum Gasteiger partial charge on any atom is 0.272 e. The fourth-order valence-electron chi connectivity index (χ4n) is 3.00. The second-order valence-electron chi connectivity index (χ2n) is 6.30.